The first kappa shape index (κ1) is 13.9. The van der Waals surface area contributed by atoms with E-state index in [1.165, 1.54) is 30.5 Å². The first-order valence-corrected chi connectivity index (χ1v) is 7.75. The van der Waals surface area contributed by atoms with Crippen molar-refractivity contribution in [3.05, 3.63) is 29.3 Å². The molecule has 3 rings (SSSR count). The van der Waals surface area contributed by atoms with E-state index in [4.69, 9.17) is 9.47 Å². The lowest BCUT2D eigenvalue weighted by molar-refractivity contribution is 0.0156. The van der Waals surface area contributed by atoms with Gasteiger partial charge in [-0.05, 0) is 50.3 Å². The maximum Gasteiger partial charge on any atom is 0.125 e. The van der Waals surface area contributed by atoms with Crippen LogP contribution in [0.3, 0.4) is 0 Å². The zero-order valence-corrected chi connectivity index (χ0v) is 12.6. The molecule has 20 heavy (non-hydrogen) atoms. The Morgan fingerprint density at radius 2 is 2.00 bits per heavy atom. The van der Waals surface area contributed by atoms with E-state index in [0.717, 1.165) is 38.0 Å². The van der Waals surface area contributed by atoms with Gasteiger partial charge in [0.25, 0.3) is 0 Å². The molecule has 2 aliphatic heterocycles. The minimum Gasteiger partial charge on any atom is -0.487 e. The first-order valence-electron chi connectivity index (χ1n) is 7.75. The molecule has 3 heteroatoms. The third-order valence-corrected chi connectivity index (χ3v) is 4.49. The van der Waals surface area contributed by atoms with Crippen molar-refractivity contribution in [2.24, 2.45) is 5.92 Å². The lowest BCUT2D eigenvalue weighted by atomic mass is 10.0. The molecule has 0 saturated carbocycles. The number of ether oxygens (including phenoxy) is 2. The third-order valence-electron chi connectivity index (χ3n) is 4.49. The Morgan fingerprint density at radius 1 is 1.25 bits per heavy atom. The molecule has 0 N–H and O–H groups in total. The van der Waals surface area contributed by atoms with E-state index >= 15 is 0 Å². The summed E-state index contributed by atoms with van der Waals surface area (Å²) in [7, 11) is 0. The Hall–Kier alpha value is -1.06. The second-order valence-electron chi connectivity index (χ2n) is 6.24. The van der Waals surface area contributed by atoms with Crippen LogP contribution in [-0.2, 0) is 4.74 Å². The monoisotopic (exact) mass is 275 g/mol. The molecule has 0 amide bonds. The highest BCUT2D eigenvalue weighted by molar-refractivity contribution is 5.40. The van der Waals surface area contributed by atoms with Gasteiger partial charge in [-0.15, -0.1) is 0 Å². The van der Waals surface area contributed by atoms with Crippen LogP contribution in [0.2, 0.25) is 0 Å². The number of aryl methyl sites for hydroxylation is 2. The van der Waals surface area contributed by atoms with Gasteiger partial charge in [0, 0.05) is 26.3 Å². The molecule has 2 saturated heterocycles. The van der Waals surface area contributed by atoms with Gasteiger partial charge in [0.1, 0.15) is 11.9 Å². The molecule has 2 heterocycles. The molecule has 0 bridgehead atoms. The Balaban J connectivity index is 1.41. The van der Waals surface area contributed by atoms with Crippen molar-refractivity contribution in [2.75, 3.05) is 32.8 Å². The minimum absolute atomic E-state index is 0.370. The van der Waals surface area contributed by atoms with Crippen molar-refractivity contribution in [1.82, 2.24) is 4.90 Å². The lowest BCUT2D eigenvalue weighted by Gasteiger charge is -2.39. The van der Waals surface area contributed by atoms with Gasteiger partial charge in [-0.2, -0.15) is 0 Å². The SMILES string of the molecule is Cc1cccc(C)c1OC1CN(CCC2CCOC2)C1. The van der Waals surface area contributed by atoms with E-state index in [-0.39, 0.29) is 0 Å². The summed E-state index contributed by atoms with van der Waals surface area (Å²) in [6.45, 7) is 9.51. The fourth-order valence-corrected chi connectivity index (χ4v) is 3.11. The van der Waals surface area contributed by atoms with Crippen LogP contribution >= 0.6 is 0 Å². The van der Waals surface area contributed by atoms with Crippen molar-refractivity contribution in [1.29, 1.82) is 0 Å². The summed E-state index contributed by atoms with van der Waals surface area (Å²) in [6.07, 6.45) is 2.89. The van der Waals surface area contributed by atoms with Crippen LogP contribution in [0.4, 0.5) is 0 Å². The second-order valence-corrected chi connectivity index (χ2v) is 6.24. The molecule has 0 radical (unpaired) electrons. The number of hydrogen-bond donors (Lipinski definition) is 0. The highest BCUT2D eigenvalue weighted by Crippen LogP contribution is 2.26. The van der Waals surface area contributed by atoms with E-state index < -0.39 is 0 Å². The summed E-state index contributed by atoms with van der Waals surface area (Å²) in [6, 6.07) is 6.34. The van der Waals surface area contributed by atoms with Crippen molar-refractivity contribution in [3.63, 3.8) is 0 Å². The summed E-state index contributed by atoms with van der Waals surface area (Å²) in [5.41, 5.74) is 2.48. The van der Waals surface area contributed by atoms with E-state index in [1.807, 2.05) is 0 Å². The fraction of sp³-hybridized carbons (Fsp3) is 0.647. The normalized spacial score (nSPS) is 23.8. The zero-order valence-electron chi connectivity index (χ0n) is 12.6. The van der Waals surface area contributed by atoms with E-state index in [2.05, 4.69) is 36.9 Å². The Kier molecular flexibility index (Phi) is 4.27. The van der Waals surface area contributed by atoms with Gasteiger partial charge in [0.2, 0.25) is 0 Å². The zero-order chi connectivity index (χ0) is 13.9. The third kappa shape index (κ3) is 3.15. The van der Waals surface area contributed by atoms with Crippen LogP contribution in [0.15, 0.2) is 18.2 Å². The quantitative estimate of drug-likeness (QED) is 0.825. The molecule has 0 aliphatic carbocycles. The predicted octanol–water partition coefficient (Wildman–Crippen LogP) is 2.79. The topological polar surface area (TPSA) is 21.7 Å². The standard InChI is InChI=1S/C17H25NO2/c1-13-4-3-5-14(2)17(13)20-16-10-18(11-16)8-6-15-7-9-19-12-15/h3-5,15-16H,6-12H2,1-2H3. The Bertz CT molecular complexity index is 428. The van der Waals surface area contributed by atoms with E-state index in [9.17, 15) is 0 Å². The molecule has 110 valence electrons. The van der Waals surface area contributed by atoms with Gasteiger partial charge in [-0.25, -0.2) is 0 Å². The van der Waals surface area contributed by atoms with Crippen LogP contribution < -0.4 is 4.74 Å². The van der Waals surface area contributed by atoms with E-state index in [1.54, 1.807) is 0 Å². The molecule has 0 spiro atoms. The van der Waals surface area contributed by atoms with Crippen LogP contribution in [0.5, 0.6) is 5.75 Å². The Labute approximate surface area is 121 Å². The van der Waals surface area contributed by atoms with Crippen LogP contribution in [0.1, 0.15) is 24.0 Å². The fourth-order valence-electron chi connectivity index (χ4n) is 3.11. The molecule has 2 fully saturated rings. The van der Waals surface area contributed by atoms with Crippen LogP contribution in [0, 0.1) is 19.8 Å². The summed E-state index contributed by atoms with van der Waals surface area (Å²) in [5, 5.41) is 0. The number of benzene rings is 1. The average Bonchev–Trinajstić information content (AvgIpc) is 2.88. The maximum atomic E-state index is 6.15. The van der Waals surface area contributed by atoms with Gasteiger partial charge in [-0.1, -0.05) is 18.2 Å². The van der Waals surface area contributed by atoms with Gasteiger partial charge in [-0.3, -0.25) is 4.90 Å². The van der Waals surface area contributed by atoms with Crippen molar-refractivity contribution in [2.45, 2.75) is 32.8 Å². The molecule has 1 aromatic carbocycles. The lowest BCUT2D eigenvalue weighted by Crippen LogP contribution is -2.54. The van der Waals surface area contributed by atoms with Gasteiger partial charge < -0.3 is 9.47 Å². The summed E-state index contributed by atoms with van der Waals surface area (Å²) < 4.78 is 11.6. The largest absolute Gasteiger partial charge is 0.487 e. The molecule has 0 aromatic heterocycles. The molecular weight excluding hydrogens is 250 g/mol. The summed E-state index contributed by atoms with van der Waals surface area (Å²) >= 11 is 0. The van der Waals surface area contributed by atoms with Crippen LogP contribution in [-0.4, -0.2) is 43.9 Å². The molecule has 3 nitrogen and oxygen atoms in total. The van der Waals surface area contributed by atoms with Crippen molar-refractivity contribution < 1.29 is 9.47 Å². The molecule has 1 aromatic rings. The maximum absolute atomic E-state index is 6.15. The van der Waals surface area contributed by atoms with Crippen LogP contribution in [0.25, 0.3) is 0 Å². The summed E-state index contributed by atoms with van der Waals surface area (Å²) in [5.74, 6) is 1.87. The minimum atomic E-state index is 0.370. The molecular formula is C17H25NO2. The number of rotatable bonds is 5. The van der Waals surface area contributed by atoms with Crippen molar-refractivity contribution >= 4 is 0 Å². The van der Waals surface area contributed by atoms with Gasteiger partial charge >= 0.3 is 0 Å². The molecule has 1 unspecified atom stereocenters. The number of nitrogens with zero attached hydrogens (tertiary/aromatic N) is 1. The molecule has 2 aliphatic rings. The van der Waals surface area contributed by atoms with Crippen molar-refractivity contribution in [3.8, 4) is 5.75 Å². The highest BCUT2D eigenvalue weighted by Gasteiger charge is 2.29. The second kappa shape index (κ2) is 6.15. The average molecular weight is 275 g/mol. The Morgan fingerprint density at radius 3 is 2.65 bits per heavy atom. The van der Waals surface area contributed by atoms with E-state index in [0.29, 0.717) is 6.10 Å². The van der Waals surface area contributed by atoms with Gasteiger partial charge in [0.15, 0.2) is 0 Å². The smallest absolute Gasteiger partial charge is 0.125 e. The number of hydrogen-bond acceptors (Lipinski definition) is 3. The van der Waals surface area contributed by atoms with Gasteiger partial charge in [0.05, 0.1) is 0 Å². The highest BCUT2D eigenvalue weighted by atomic mass is 16.5. The predicted molar refractivity (Wildman–Crippen MR) is 80.3 cm³/mol. The molecule has 1 atom stereocenters. The first-order chi connectivity index (χ1) is 9.72. The number of likely N-dealkylation sites (tertiary alicyclic amines) is 1. The number of para-hydroxylation sites is 1. The summed E-state index contributed by atoms with van der Waals surface area (Å²) in [4.78, 5) is 2.50.